The minimum atomic E-state index is -0.448. The number of primary amides is 1. The van der Waals surface area contributed by atoms with Crippen LogP contribution in [0.3, 0.4) is 0 Å². The highest BCUT2D eigenvalue weighted by atomic mass is 16.1. The lowest BCUT2D eigenvalue weighted by Crippen LogP contribution is -2.70. The van der Waals surface area contributed by atoms with Crippen LogP contribution in [-0.4, -0.2) is 43.0 Å². The largest absolute Gasteiger partial charge is 0.368 e. The first-order chi connectivity index (χ1) is 6.19. The lowest BCUT2D eigenvalue weighted by molar-refractivity contribution is -0.132. The van der Waals surface area contributed by atoms with Gasteiger partial charge < -0.3 is 16.0 Å². The van der Waals surface area contributed by atoms with Crippen LogP contribution < -0.4 is 11.1 Å². The second kappa shape index (κ2) is 2.96. The average molecular weight is 183 g/mol. The van der Waals surface area contributed by atoms with E-state index in [1.54, 1.807) is 0 Å². The van der Waals surface area contributed by atoms with E-state index in [0.717, 1.165) is 32.5 Å². The Labute approximate surface area is 78.5 Å². The van der Waals surface area contributed by atoms with Crippen LogP contribution in [0.25, 0.3) is 0 Å². The zero-order chi connectivity index (χ0) is 9.47. The number of rotatable bonds is 2. The maximum atomic E-state index is 11.4. The molecule has 0 saturated carbocycles. The standard InChI is InChI=1S/C9H17N3O/c1-11-9(8(10)13)6-12-4-2-7(9)3-5-12/h7,11H,2-6H2,1H3,(H2,10,13). The van der Waals surface area contributed by atoms with Crippen LogP contribution in [0.5, 0.6) is 0 Å². The molecular formula is C9H17N3O. The van der Waals surface area contributed by atoms with Gasteiger partial charge in [-0.15, -0.1) is 0 Å². The molecule has 2 bridgehead atoms. The van der Waals surface area contributed by atoms with Gasteiger partial charge in [-0.25, -0.2) is 0 Å². The first-order valence-electron chi connectivity index (χ1n) is 4.90. The minimum Gasteiger partial charge on any atom is -0.368 e. The molecular weight excluding hydrogens is 166 g/mol. The van der Waals surface area contributed by atoms with Gasteiger partial charge in [-0.1, -0.05) is 0 Å². The summed E-state index contributed by atoms with van der Waals surface area (Å²) in [4.78, 5) is 13.8. The molecule has 3 fully saturated rings. The molecule has 3 saturated heterocycles. The van der Waals surface area contributed by atoms with E-state index in [1.165, 1.54) is 0 Å². The molecule has 3 aliphatic heterocycles. The summed E-state index contributed by atoms with van der Waals surface area (Å²) < 4.78 is 0. The summed E-state index contributed by atoms with van der Waals surface area (Å²) in [5, 5.41) is 3.13. The lowest BCUT2D eigenvalue weighted by Gasteiger charge is -2.51. The average Bonchev–Trinajstić information content (AvgIpc) is 2.19. The Bertz CT molecular complexity index is 223. The van der Waals surface area contributed by atoms with Gasteiger partial charge in [-0.2, -0.15) is 0 Å². The van der Waals surface area contributed by atoms with Crippen molar-refractivity contribution in [2.75, 3.05) is 26.7 Å². The summed E-state index contributed by atoms with van der Waals surface area (Å²) in [6.45, 7) is 3.05. The van der Waals surface area contributed by atoms with Gasteiger partial charge in [0.1, 0.15) is 5.54 Å². The van der Waals surface area contributed by atoms with Gasteiger partial charge in [0, 0.05) is 6.54 Å². The molecule has 3 N–H and O–H groups in total. The Morgan fingerprint density at radius 3 is 2.38 bits per heavy atom. The second-order valence-corrected chi connectivity index (χ2v) is 4.14. The third kappa shape index (κ3) is 1.16. The number of nitrogens with one attached hydrogen (secondary N) is 1. The van der Waals surface area contributed by atoms with Crippen molar-refractivity contribution < 1.29 is 4.79 Å². The van der Waals surface area contributed by atoms with Crippen molar-refractivity contribution in [1.29, 1.82) is 0 Å². The highest BCUT2D eigenvalue weighted by molar-refractivity contribution is 5.85. The van der Waals surface area contributed by atoms with Crippen molar-refractivity contribution in [2.24, 2.45) is 11.7 Å². The van der Waals surface area contributed by atoms with Crippen molar-refractivity contribution in [3.8, 4) is 0 Å². The fourth-order valence-corrected chi connectivity index (χ4v) is 2.75. The number of amides is 1. The predicted octanol–water partition coefficient (Wildman–Crippen LogP) is -0.844. The molecule has 1 amide bonds. The van der Waals surface area contributed by atoms with E-state index in [4.69, 9.17) is 5.73 Å². The molecule has 0 aromatic rings. The number of piperidine rings is 3. The molecule has 0 aliphatic carbocycles. The van der Waals surface area contributed by atoms with Gasteiger partial charge in [0.15, 0.2) is 0 Å². The quantitative estimate of drug-likeness (QED) is 0.586. The van der Waals surface area contributed by atoms with Crippen LogP contribution in [0, 0.1) is 5.92 Å². The lowest BCUT2D eigenvalue weighted by atomic mass is 9.72. The van der Waals surface area contributed by atoms with Crippen LogP contribution in [0.4, 0.5) is 0 Å². The Hall–Kier alpha value is -0.610. The van der Waals surface area contributed by atoms with Gasteiger partial charge in [0.25, 0.3) is 0 Å². The Kier molecular flexibility index (Phi) is 2.04. The zero-order valence-corrected chi connectivity index (χ0v) is 8.05. The molecule has 13 heavy (non-hydrogen) atoms. The topological polar surface area (TPSA) is 58.4 Å². The molecule has 0 radical (unpaired) electrons. The highest BCUT2D eigenvalue weighted by Gasteiger charge is 2.49. The van der Waals surface area contributed by atoms with Crippen molar-refractivity contribution in [1.82, 2.24) is 10.2 Å². The van der Waals surface area contributed by atoms with Gasteiger partial charge in [-0.3, -0.25) is 4.79 Å². The zero-order valence-electron chi connectivity index (χ0n) is 8.05. The summed E-state index contributed by atoms with van der Waals surface area (Å²) in [5.74, 6) is 0.254. The fourth-order valence-electron chi connectivity index (χ4n) is 2.75. The molecule has 4 heteroatoms. The Morgan fingerprint density at radius 2 is 2.15 bits per heavy atom. The number of hydrogen-bond donors (Lipinski definition) is 2. The van der Waals surface area contributed by atoms with E-state index >= 15 is 0 Å². The molecule has 0 aromatic heterocycles. The summed E-state index contributed by atoms with van der Waals surface area (Å²) in [7, 11) is 1.84. The summed E-state index contributed by atoms with van der Waals surface area (Å²) in [6.07, 6.45) is 2.20. The van der Waals surface area contributed by atoms with Crippen LogP contribution in [0.15, 0.2) is 0 Å². The van der Waals surface area contributed by atoms with E-state index in [0.29, 0.717) is 5.92 Å². The molecule has 1 unspecified atom stereocenters. The smallest absolute Gasteiger partial charge is 0.239 e. The van der Waals surface area contributed by atoms with Crippen molar-refractivity contribution >= 4 is 5.91 Å². The van der Waals surface area contributed by atoms with Gasteiger partial charge >= 0.3 is 0 Å². The minimum absolute atomic E-state index is 0.190. The van der Waals surface area contributed by atoms with Crippen molar-refractivity contribution in [2.45, 2.75) is 18.4 Å². The number of nitrogens with zero attached hydrogens (tertiary/aromatic N) is 1. The summed E-state index contributed by atoms with van der Waals surface area (Å²) in [5.41, 5.74) is 5.02. The maximum Gasteiger partial charge on any atom is 0.239 e. The first kappa shape index (κ1) is 8.97. The van der Waals surface area contributed by atoms with Crippen LogP contribution in [0.1, 0.15) is 12.8 Å². The van der Waals surface area contributed by atoms with E-state index in [-0.39, 0.29) is 5.91 Å². The molecule has 4 nitrogen and oxygen atoms in total. The number of fused-ring (bicyclic) bond motifs is 3. The molecule has 0 spiro atoms. The van der Waals surface area contributed by atoms with Crippen LogP contribution in [0.2, 0.25) is 0 Å². The van der Waals surface area contributed by atoms with Crippen LogP contribution >= 0.6 is 0 Å². The third-order valence-electron chi connectivity index (χ3n) is 3.64. The van der Waals surface area contributed by atoms with E-state index < -0.39 is 5.54 Å². The monoisotopic (exact) mass is 183 g/mol. The highest BCUT2D eigenvalue weighted by Crippen LogP contribution is 2.35. The summed E-state index contributed by atoms with van der Waals surface area (Å²) >= 11 is 0. The fraction of sp³-hybridized carbons (Fsp3) is 0.889. The number of hydrogen-bond acceptors (Lipinski definition) is 3. The van der Waals surface area contributed by atoms with E-state index in [2.05, 4.69) is 10.2 Å². The van der Waals surface area contributed by atoms with Gasteiger partial charge in [-0.05, 0) is 38.9 Å². The maximum absolute atomic E-state index is 11.4. The van der Waals surface area contributed by atoms with E-state index in [1.807, 2.05) is 7.05 Å². The molecule has 3 rings (SSSR count). The van der Waals surface area contributed by atoms with E-state index in [9.17, 15) is 4.79 Å². The van der Waals surface area contributed by atoms with Gasteiger partial charge in [0.2, 0.25) is 5.91 Å². The SMILES string of the molecule is CNC1(C(N)=O)CN2CCC1CC2. The first-order valence-corrected chi connectivity index (χ1v) is 4.90. The number of carbonyl (C=O) groups excluding carboxylic acids is 1. The van der Waals surface area contributed by atoms with Crippen molar-refractivity contribution in [3.05, 3.63) is 0 Å². The number of carbonyl (C=O) groups is 1. The normalized spacial score (nSPS) is 43.5. The van der Waals surface area contributed by atoms with Crippen LogP contribution in [-0.2, 0) is 4.79 Å². The third-order valence-corrected chi connectivity index (χ3v) is 3.64. The number of nitrogens with two attached hydrogens (primary N) is 1. The molecule has 3 heterocycles. The molecule has 0 aromatic carbocycles. The predicted molar refractivity (Wildman–Crippen MR) is 50.1 cm³/mol. The molecule has 3 aliphatic rings. The van der Waals surface area contributed by atoms with Crippen molar-refractivity contribution in [3.63, 3.8) is 0 Å². The van der Waals surface area contributed by atoms with Gasteiger partial charge in [0.05, 0.1) is 0 Å². The Balaban J connectivity index is 2.25. The molecule has 74 valence electrons. The summed E-state index contributed by atoms with van der Waals surface area (Å²) in [6, 6.07) is 0. The Morgan fingerprint density at radius 1 is 1.54 bits per heavy atom. The second-order valence-electron chi connectivity index (χ2n) is 4.14. The molecule has 1 atom stereocenters. The number of likely N-dealkylation sites (N-methyl/N-ethyl adjacent to an activating group) is 1.